The first kappa shape index (κ1) is 13.1. The van der Waals surface area contributed by atoms with Gasteiger partial charge in [0.1, 0.15) is 11.6 Å². The van der Waals surface area contributed by atoms with Crippen LogP contribution in [-0.4, -0.2) is 25.0 Å². The minimum atomic E-state index is -0.717. The van der Waals surface area contributed by atoms with Crippen LogP contribution in [0.4, 0.5) is 0 Å². The van der Waals surface area contributed by atoms with Crippen LogP contribution in [0.15, 0.2) is 28.7 Å². The topological polar surface area (TPSA) is 68.5 Å². The van der Waals surface area contributed by atoms with Gasteiger partial charge in [-0.25, -0.2) is 4.79 Å². The smallest absolute Gasteiger partial charge is 0.328 e. The van der Waals surface area contributed by atoms with Crippen molar-refractivity contribution in [3.63, 3.8) is 0 Å². The highest BCUT2D eigenvalue weighted by Gasteiger charge is 2.22. The molecule has 0 aliphatic carbocycles. The summed E-state index contributed by atoms with van der Waals surface area (Å²) < 4.78 is 10.1. The van der Waals surface area contributed by atoms with Gasteiger partial charge in [-0.2, -0.15) is 0 Å². The number of carbonyl (C=O) groups is 2. The third-order valence-electron chi connectivity index (χ3n) is 2.95. The van der Waals surface area contributed by atoms with Gasteiger partial charge in [-0.3, -0.25) is 4.79 Å². The van der Waals surface area contributed by atoms with Crippen molar-refractivity contribution in [2.45, 2.75) is 19.9 Å². The van der Waals surface area contributed by atoms with E-state index in [4.69, 9.17) is 4.42 Å². The molecular formula is C14H15NO4. The minimum Gasteiger partial charge on any atom is -0.467 e. The fourth-order valence-corrected chi connectivity index (χ4v) is 1.89. The Morgan fingerprint density at radius 3 is 2.63 bits per heavy atom. The summed E-state index contributed by atoms with van der Waals surface area (Å²) in [4.78, 5) is 23.3. The predicted octanol–water partition coefficient (Wildman–Crippen LogP) is 2.03. The molecule has 0 radical (unpaired) electrons. The average Bonchev–Trinajstić information content (AvgIpc) is 2.75. The number of fused-ring (bicyclic) bond motifs is 1. The summed E-state index contributed by atoms with van der Waals surface area (Å²) >= 11 is 0. The van der Waals surface area contributed by atoms with Crippen LogP contribution in [0.3, 0.4) is 0 Å². The van der Waals surface area contributed by atoms with Gasteiger partial charge < -0.3 is 14.5 Å². The van der Waals surface area contributed by atoms with Crippen molar-refractivity contribution in [1.82, 2.24) is 5.32 Å². The molecule has 0 fully saturated rings. The van der Waals surface area contributed by atoms with E-state index in [1.807, 2.05) is 25.1 Å². The maximum absolute atomic E-state index is 12.1. The van der Waals surface area contributed by atoms with Gasteiger partial charge in [-0.15, -0.1) is 0 Å². The van der Waals surface area contributed by atoms with Gasteiger partial charge in [0.2, 0.25) is 0 Å². The molecule has 1 N–H and O–H groups in total. The molecule has 0 aliphatic rings. The monoisotopic (exact) mass is 261 g/mol. The number of hydrogen-bond donors (Lipinski definition) is 1. The summed E-state index contributed by atoms with van der Waals surface area (Å²) in [6.07, 6.45) is 0. The van der Waals surface area contributed by atoms with Crippen molar-refractivity contribution in [2.24, 2.45) is 0 Å². The van der Waals surface area contributed by atoms with Gasteiger partial charge in [-0.1, -0.05) is 18.2 Å². The number of esters is 1. The minimum absolute atomic E-state index is 0.219. The number of methoxy groups -OCH3 is 1. The molecule has 2 rings (SSSR count). The highest BCUT2D eigenvalue weighted by Crippen LogP contribution is 2.24. The van der Waals surface area contributed by atoms with Crippen molar-refractivity contribution in [3.8, 4) is 0 Å². The van der Waals surface area contributed by atoms with Crippen LogP contribution >= 0.6 is 0 Å². The first-order valence-corrected chi connectivity index (χ1v) is 5.91. The van der Waals surface area contributed by atoms with E-state index in [2.05, 4.69) is 10.1 Å². The number of nitrogens with one attached hydrogen (secondary N) is 1. The number of carbonyl (C=O) groups excluding carboxylic acids is 2. The summed E-state index contributed by atoms with van der Waals surface area (Å²) in [6, 6.07) is 6.68. The van der Waals surface area contributed by atoms with E-state index in [0.29, 0.717) is 5.58 Å². The average molecular weight is 261 g/mol. The van der Waals surface area contributed by atoms with Crippen LogP contribution in [0.1, 0.15) is 23.0 Å². The Labute approximate surface area is 110 Å². The lowest BCUT2D eigenvalue weighted by Crippen LogP contribution is -2.39. The Kier molecular flexibility index (Phi) is 3.55. The fraction of sp³-hybridized carbons (Fsp3) is 0.286. The number of aryl methyl sites for hydroxylation is 1. The van der Waals surface area contributed by atoms with Gasteiger partial charge in [0.25, 0.3) is 5.91 Å². The quantitative estimate of drug-likeness (QED) is 0.858. The summed E-state index contributed by atoms with van der Waals surface area (Å²) in [5, 5.41) is 3.43. The van der Waals surface area contributed by atoms with Crippen LogP contribution in [0.25, 0.3) is 11.0 Å². The number of amides is 1. The molecule has 0 spiro atoms. The van der Waals surface area contributed by atoms with E-state index in [9.17, 15) is 9.59 Å². The standard InChI is InChI=1S/C14H15NO4/c1-8-10-6-4-5-7-11(10)19-12(8)13(16)15-9(2)14(17)18-3/h4-7,9H,1-3H3,(H,15,16)/t9-/m1/s1. The Morgan fingerprint density at radius 2 is 2.00 bits per heavy atom. The molecule has 0 bridgehead atoms. The van der Waals surface area contributed by atoms with Crippen LogP contribution in [0.2, 0.25) is 0 Å². The molecule has 100 valence electrons. The second kappa shape index (κ2) is 5.14. The first-order valence-electron chi connectivity index (χ1n) is 5.91. The molecule has 19 heavy (non-hydrogen) atoms. The molecule has 0 aliphatic heterocycles. The second-order valence-electron chi connectivity index (χ2n) is 4.27. The first-order chi connectivity index (χ1) is 9.04. The Balaban J connectivity index is 2.27. The highest BCUT2D eigenvalue weighted by atomic mass is 16.5. The third kappa shape index (κ3) is 2.45. The summed E-state index contributed by atoms with van der Waals surface area (Å²) in [5.41, 5.74) is 1.40. The number of hydrogen-bond acceptors (Lipinski definition) is 4. The molecule has 0 saturated heterocycles. The number of furan rings is 1. The van der Waals surface area contributed by atoms with Crippen LogP contribution in [0.5, 0.6) is 0 Å². The van der Waals surface area contributed by atoms with Crippen LogP contribution in [0, 0.1) is 6.92 Å². The summed E-state index contributed by atoms with van der Waals surface area (Å²) in [6.45, 7) is 3.37. The van der Waals surface area contributed by atoms with E-state index in [-0.39, 0.29) is 5.76 Å². The lowest BCUT2D eigenvalue weighted by atomic mass is 10.1. The normalized spacial score (nSPS) is 12.2. The molecule has 1 amide bonds. The van der Waals surface area contributed by atoms with E-state index < -0.39 is 17.9 Å². The fourth-order valence-electron chi connectivity index (χ4n) is 1.89. The molecule has 0 unspecified atom stereocenters. The zero-order valence-corrected chi connectivity index (χ0v) is 11.0. The molecule has 0 saturated carbocycles. The molecule has 1 heterocycles. The van der Waals surface area contributed by atoms with Crippen molar-refractivity contribution >= 4 is 22.8 Å². The predicted molar refractivity (Wildman–Crippen MR) is 69.9 cm³/mol. The maximum Gasteiger partial charge on any atom is 0.328 e. The largest absolute Gasteiger partial charge is 0.467 e. The van der Waals surface area contributed by atoms with Crippen molar-refractivity contribution in [3.05, 3.63) is 35.6 Å². The molecule has 1 atom stereocenters. The molecular weight excluding hydrogens is 246 g/mol. The second-order valence-corrected chi connectivity index (χ2v) is 4.27. The molecule has 5 heteroatoms. The zero-order chi connectivity index (χ0) is 14.0. The lowest BCUT2D eigenvalue weighted by Gasteiger charge is -2.10. The molecule has 1 aromatic heterocycles. The van der Waals surface area contributed by atoms with Gasteiger partial charge >= 0.3 is 5.97 Å². The number of para-hydroxylation sites is 1. The number of rotatable bonds is 3. The Bertz CT molecular complexity index is 629. The lowest BCUT2D eigenvalue weighted by molar-refractivity contribution is -0.142. The van der Waals surface area contributed by atoms with Crippen LogP contribution < -0.4 is 5.32 Å². The van der Waals surface area contributed by atoms with Crippen molar-refractivity contribution < 1.29 is 18.7 Å². The van der Waals surface area contributed by atoms with E-state index >= 15 is 0 Å². The molecule has 1 aromatic carbocycles. The van der Waals surface area contributed by atoms with Gasteiger partial charge in [0, 0.05) is 10.9 Å². The summed E-state index contributed by atoms with van der Waals surface area (Å²) in [5.74, 6) is -0.703. The van der Waals surface area contributed by atoms with Gasteiger partial charge in [0.15, 0.2) is 5.76 Å². The van der Waals surface area contributed by atoms with Gasteiger partial charge in [-0.05, 0) is 19.9 Å². The number of benzene rings is 1. The summed E-state index contributed by atoms with van der Waals surface area (Å²) in [7, 11) is 1.28. The van der Waals surface area contributed by atoms with Crippen molar-refractivity contribution in [1.29, 1.82) is 0 Å². The Hall–Kier alpha value is -2.30. The van der Waals surface area contributed by atoms with E-state index in [1.165, 1.54) is 7.11 Å². The van der Waals surface area contributed by atoms with Crippen LogP contribution in [-0.2, 0) is 9.53 Å². The Morgan fingerprint density at radius 1 is 1.32 bits per heavy atom. The maximum atomic E-state index is 12.1. The van der Waals surface area contributed by atoms with E-state index in [0.717, 1.165) is 10.9 Å². The SMILES string of the molecule is COC(=O)[C@@H](C)NC(=O)c1oc2ccccc2c1C. The third-order valence-corrected chi connectivity index (χ3v) is 2.95. The van der Waals surface area contributed by atoms with Gasteiger partial charge in [0.05, 0.1) is 7.11 Å². The molecule has 2 aromatic rings. The zero-order valence-electron chi connectivity index (χ0n) is 11.0. The number of ether oxygens (including phenoxy) is 1. The molecule has 5 nitrogen and oxygen atoms in total. The van der Waals surface area contributed by atoms with Crippen molar-refractivity contribution in [2.75, 3.05) is 7.11 Å². The highest BCUT2D eigenvalue weighted by molar-refractivity contribution is 6.00. The van der Waals surface area contributed by atoms with E-state index in [1.54, 1.807) is 13.0 Å².